The first-order valence-electron chi connectivity index (χ1n) is 7.30. The minimum atomic E-state index is -0.608. The van der Waals surface area contributed by atoms with Crippen molar-refractivity contribution in [1.82, 2.24) is 9.36 Å². The molecule has 0 atom stereocenters. The zero-order valence-corrected chi connectivity index (χ0v) is 12.7. The summed E-state index contributed by atoms with van der Waals surface area (Å²) >= 11 is 1.33. The van der Waals surface area contributed by atoms with E-state index in [9.17, 15) is 5.11 Å². The van der Waals surface area contributed by atoms with E-state index in [2.05, 4.69) is 14.7 Å². The summed E-state index contributed by atoms with van der Waals surface area (Å²) in [6.45, 7) is 0.544. The first kappa shape index (κ1) is 14.3. The first-order valence-corrected chi connectivity index (χ1v) is 8.07. The van der Waals surface area contributed by atoms with Crippen molar-refractivity contribution >= 4 is 22.4 Å². The molecule has 0 unspecified atom stereocenters. The van der Waals surface area contributed by atoms with Crippen molar-refractivity contribution in [2.24, 2.45) is 0 Å². The second-order valence-electron chi connectivity index (χ2n) is 5.65. The maximum Gasteiger partial charge on any atom is 0.147 e. The molecular formula is C15H20N4OS. The molecule has 0 bridgehead atoms. The van der Waals surface area contributed by atoms with Crippen LogP contribution in [0.2, 0.25) is 0 Å². The number of rotatable bonds is 4. The Morgan fingerprint density at radius 3 is 2.86 bits per heavy atom. The van der Waals surface area contributed by atoms with Crippen molar-refractivity contribution in [1.29, 1.82) is 0 Å². The fourth-order valence-corrected chi connectivity index (χ4v) is 3.58. The Morgan fingerprint density at radius 2 is 2.14 bits per heavy atom. The van der Waals surface area contributed by atoms with Gasteiger partial charge in [-0.25, -0.2) is 0 Å². The normalized spacial score (nSPS) is 17.6. The third kappa shape index (κ3) is 3.16. The third-order valence-electron chi connectivity index (χ3n) is 4.03. The Kier molecular flexibility index (Phi) is 4.07. The van der Waals surface area contributed by atoms with Crippen molar-refractivity contribution in [3.63, 3.8) is 0 Å². The molecular weight excluding hydrogens is 284 g/mol. The van der Waals surface area contributed by atoms with Crippen molar-refractivity contribution in [2.45, 2.75) is 37.7 Å². The average molecular weight is 304 g/mol. The van der Waals surface area contributed by atoms with Gasteiger partial charge in [-0.1, -0.05) is 25.3 Å². The molecule has 0 saturated heterocycles. The molecule has 4 N–H and O–H groups in total. The van der Waals surface area contributed by atoms with Gasteiger partial charge >= 0.3 is 0 Å². The molecule has 1 saturated carbocycles. The summed E-state index contributed by atoms with van der Waals surface area (Å²) < 4.78 is 4.23. The van der Waals surface area contributed by atoms with Gasteiger partial charge in [0.1, 0.15) is 10.8 Å². The Balaban J connectivity index is 1.77. The predicted molar refractivity (Wildman–Crippen MR) is 86.3 cm³/mol. The van der Waals surface area contributed by atoms with Gasteiger partial charge in [0, 0.05) is 24.5 Å². The number of aromatic nitrogens is 2. The van der Waals surface area contributed by atoms with Crippen molar-refractivity contribution < 1.29 is 5.11 Å². The van der Waals surface area contributed by atoms with Crippen LogP contribution in [-0.4, -0.2) is 26.6 Å². The molecule has 3 rings (SSSR count). The van der Waals surface area contributed by atoms with Gasteiger partial charge < -0.3 is 16.2 Å². The van der Waals surface area contributed by atoms with Crippen LogP contribution in [0.4, 0.5) is 10.8 Å². The average Bonchev–Trinajstić information content (AvgIpc) is 2.88. The topological polar surface area (TPSA) is 84.1 Å². The van der Waals surface area contributed by atoms with Gasteiger partial charge in [-0.3, -0.25) is 4.98 Å². The van der Waals surface area contributed by atoms with Gasteiger partial charge in [-0.2, -0.15) is 4.37 Å². The molecule has 1 aliphatic rings. The molecule has 0 aromatic carbocycles. The molecule has 2 aromatic rings. The van der Waals surface area contributed by atoms with Gasteiger partial charge in [0.05, 0.1) is 11.2 Å². The monoisotopic (exact) mass is 304 g/mol. The maximum atomic E-state index is 10.6. The van der Waals surface area contributed by atoms with E-state index in [0.717, 1.165) is 41.8 Å². The number of nitrogens with zero attached hydrogens (tertiary/aromatic N) is 2. The molecule has 21 heavy (non-hydrogen) atoms. The van der Waals surface area contributed by atoms with Gasteiger partial charge in [0.25, 0.3) is 0 Å². The summed E-state index contributed by atoms with van der Waals surface area (Å²) in [5.41, 5.74) is 7.20. The summed E-state index contributed by atoms with van der Waals surface area (Å²) in [5.74, 6) is 0.506. The van der Waals surface area contributed by atoms with E-state index in [1.165, 1.54) is 18.0 Å². The van der Waals surface area contributed by atoms with Gasteiger partial charge in [0.2, 0.25) is 0 Å². The lowest BCUT2D eigenvalue weighted by Gasteiger charge is -2.32. The van der Waals surface area contributed by atoms with Crippen LogP contribution in [-0.2, 0) is 0 Å². The third-order valence-corrected chi connectivity index (χ3v) is 4.85. The Bertz CT molecular complexity index is 593. The van der Waals surface area contributed by atoms with Crippen LogP contribution in [0.15, 0.2) is 24.5 Å². The van der Waals surface area contributed by atoms with Gasteiger partial charge in [0.15, 0.2) is 0 Å². The number of hydrogen-bond donors (Lipinski definition) is 3. The number of aliphatic hydroxyl groups is 1. The zero-order chi connectivity index (χ0) is 14.7. The van der Waals surface area contributed by atoms with E-state index >= 15 is 0 Å². The second kappa shape index (κ2) is 5.99. The lowest BCUT2D eigenvalue weighted by Crippen LogP contribution is -2.38. The van der Waals surface area contributed by atoms with E-state index in [1.807, 2.05) is 12.1 Å². The molecule has 0 amide bonds. The highest BCUT2D eigenvalue weighted by molar-refractivity contribution is 7.11. The number of nitrogens with one attached hydrogen (secondary N) is 1. The fraction of sp³-hybridized carbons (Fsp3) is 0.467. The molecule has 1 fully saturated rings. The molecule has 0 spiro atoms. The highest BCUT2D eigenvalue weighted by atomic mass is 32.1. The van der Waals surface area contributed by atoms with Crippen LogP contribution in [0, 0.1) is 0 Å². The summed E-state index contributed by atoms with van der Waals surface area (Å²) in [4.78, 5) is 4.13. The van der Waals surface area contributed by atoms with Crippen LogP contribution in [0.3, 0.4) is 0 Å². The molecule has 112 valence electrons. The molecule has 2 aromatic heterocycles. The Hall–Kier alpha value is -1.66. The second-order valence-corrected chi connectivity index (χ2v) is 6.43. The predicted octanol–water partition coefficient (Wildman–Crippen LogP) is 2.89. The Morgan fingerprint density at radius 1 is 1.33 bits per heavy atom. The molecule has 1 aliphatic carbocycles. The van der Waals surface area contributed by atoms with Crippen LogP contribution < -0.4 is 11.1 Å². The van der Waals surface area contributed by atoms with Gasteiger partial charge in [-0.15, -0.1) is 0 Å². The minimum Gasteiger partial charge on any atom is -0.388 e. The number of pyridine rings is 1. The number of nitrogen functional groups attached to an aromatic ring is 1. The lowest BCUT2D eigenvalue weighted by atomic mass is 9.85. The highest BCUT2D eigenvalue weighted by Crippen LogP contribution is 2.37. The number of hydrogen-bond acceptors (Lipinski definition) is 6. The molecule has 0 aliphatic heterocycles. The quantitative estimate of drug-likeness (QED) is 0.809. The van der Waals surface area contributed by atoms with Crippen LogP contribution >= 0.6 is 11.5 Å². The smallest absolute Gasteiger partial charge is 0.147 e. The van der Waals surface area contributed by atoms with E-state index in [-0.39, 0.29) is 0 Å². The van der Waals surface area contributed by atoms with Crippen LogP contribution in [0.5, 0.6) is 0 Å². The largest absolute Gasteiger partial charge is 0.388 e. The first-order chi connectivity index (χ1) is 10.2. The molecule has 6 heteroatoms. The molecule has 2 heterocycles. The van der Waals surface area contributed by atoms with Gasteiger partial charge in [-0.05, 0) is 30.4 Å². The van der Waals surface area contributed by atoms with Crippen LogP contribution in [0.25, 0.3) is 11.1 Å². The summed E-state index contributed by atoms with van der Waals surface area (Å²) in [6.07, 6.45) is 8.64. The van der Waals surface area contributed by atoms with E-state index in [0.29, 0.717) is 12.4 Å². The highest BCUT2D eigenvalue weighted by Gasteiger charge is 2.29. The maximum absolute atomic E-state index is 10.6. The molecule has 5 nitrogen and oxygen atoms in total. The van der Waals surface area contributed by atoms with Crippen molar-refractivity contribution in [3.8, 4) is 11.1 Å². The zero-order valence-electron chi connectivity index (χ0n) is 11.9. The van der Waals surface area contributed by atoms with Crippen molar-refractivity contribution in [2.75, 3.05) is 17.6 Å². The van der Waals surface area contributed by atoms with Crippen LogP contribution in [0.1, 0.15) is 32.1 Å². The molecule has 0 radical (unpaired) electrons. The Labute approximate surface area is 128 Å². The fourth-order valence-electron chi connectivity index (χ4n) is 2.84. The summed E-state index contributed by atoms with van der Waals surface area (Å²) in [5, 5.41) is 14.8. The standard InChI is InChI=1S/C15H20N4OS/c16-13-12(11-5-4-8-17-9-11)14(21-19-13)18-10-15(20)6-2-1-3-7-15/h4-5,8-9,18,20H,1-3,6-7,10H2,(H2,16,19). The van der Waals surface area contributed by atoms with Crippen molar-refractivity contribution in [3.05, 3.63) is 24.5 Å². The lowest BCUT2D eigenvalue weighted by molar-refractivity contribution is 0.0168. The van der Waals surface area contributed by atoms with E-state index in [1.54, 1.807) is 12.4 Å². The summed E-state index contributed by atoms with van der Waals surface area (Å²) in [7, 11) is 0. The minimum absolute atomic E-state index is 0.506. The SMILES string of the molecule is Nc1nsc(NCC2(O)CCCCC2)c1-c1cccnc1. The van der Waals surface area contributed by atoms with E-state index in [4.69, 9.17) is 5.73 Å². The number of nitrogens with two attached hydrogens (primary N) is 1. The summed E-state index contributed by atoms with van der Waals surface area (Å²) in [6, 6.07) is 3.85. The number of anilines is 2. The van der Waals surface area contributed by atoms with E-state index < -0.39 is 5.60 Å².